The van der Waals surface area contributed by atoms with E-state index in [9.17, 15) is 4.79 Å². The van der Waals surface area contributed by atoms with E-state index in [1.807, 2.05) is 43.3 Å². The number of carbonyl (C=O) groups excluding carboxylic acids is 1. The fourth-order valence-electron chi connectivity index (χ4n) is 1.55. The molecule has 0 bridgehead atoms. The van der Waals surface area contributed by atoms with Crippen molar-refractivity contribution >= 4 is 20.2 Å². The second-order valence-corrected chi connectivity index (χ2v) is 12.3. The van der Waals surface area contributed by atoms with Crippen LogP contribution in [-0.4, -0.2) is 20.2 Å². The Kier molecular flexibility index (Phi) is 13.5. The zero-order valence-electron chi connectivity index (χ0n) is 17.6. The summed E-state index contributed by atoms with van der Waals surface area (Å²) in [7, 11) is -1.89. The molecule has 0 aromatic heterocycles. The van der Waals surface area contributed by atoms with Gasteiger partial charge in [-0.2, -0.15) is 6.42 Å². The van der Waals surface area contributed by atoms with Crippen molar-refractivity contribution in [2.75, 3.05) is 0 Å². The second kappa shape index (κ2) is 12.7. The van der Waals surface area contributed by atoms with Crippen LogP contribution in [0.2, 0.25) is 18.1 Å². The van der Waals surface area contributed by atoms with Crippen LogP contribution in [0.15, 0.2) is 36.4 Å². The first-order chi connectivity index (χ1) is 11.0. The van der Waals surface area contributed by atoms with Crippen LogP contribution in [0.4, 0.5) is 0 Å². The molecule has 0 heterocycles. The van der Waals surface area contributed by atoms with Crippen molar-refractivity contribution in [1.82, 2.24) is 0 Å². The number of carbonyl (C=O) groups is 1. The van der Waals surface area contributed by atoms with Gasteiger partial charge in [0.2, 0.25) is 0 Å². The van der Waals surface area contributed by atoms with Gasteiger partial charge in [0, 0.05) is 0 Å². The monoisotopic (exact) mass is 354 g/mol. The summed E-state index contributed by atoms with van der Waals surface area (Å²) in [6.07, 6.45) is 5.36. The van der Waals surface area contributed by atoms with E-state index in [2.05, 4.69) is 47.7 Å². The molecule has 4 heteroatoms. The minimum absolute atomic E-state index is 0. The number of rotatable bonds is 6. The van der Waals surface area contributed by atoms with Crippen molar-refractivity contribution in [2.45, 2.75) is 71.7 Å². The fourth-order valence-corrected chi connectivity index (χ4v) is 2.91. The molecule has 0 aliphatic carbocycles. The van der Waals surface area contributed by atoms with Crippen LogP contribution in [0, 0.1) is 6.92 Å². The third kappa shape index (κ3) is 10.9. The predicted octanol–water partition coefficient (Wildman–Crippen LogP) is 3.30. The molecule has 0 unspecified atom stereocenters. The van der Waals surface area contributed by atoms with Gasteiger partial charge >= 0.3 is 18.9 Å². The van der Waals surface area contributed by atoms with Gasteiger partial charge in [0.15, 0.2) is 14.1 Å². The maximum Gasteiger partial charge on any atom is 1.00 e. The van der Waals surface area contributed by atoms with Crippen LogP contribution in [0.25, 0.3) is 6.08 Å². The molecule has 1 atom stereocenters. The average Bonchev–Trinajstić information content (AvgIpc) is 2.52. The number of unbranched alkanes of at least 4 members (excludes halogenated alkanes) is 1. The summed E-state index contributed by atoms with van der Waals surface area (Å²) in [5.74, 6) is 0.0266. The van der Waals surface area contributed by atoms with Crippen LogP contribution in [0.3, 0.4) is 0 Å². The molecule has 2 nitrogen and oxygen atoms in total. The van der Waals surface area contributed by atoms with Gasteiger partial charge in [0.25, 0.3) is 0 Å². The molecule has 0 saturated carbocycles. The van der Waals surface area contributed by atoms with Gasteiger partial charge in [0.1, 0.15) is 6.10 Å². The first-order valence-corrected chi connectivity index (χ1v) is 11.7. The van der Waals surface area contributed by atoms with Crippen molar-refractivity contribution < 1.29 is 28.1 Å². The molecule has 0 aliphatic rings. The smallest absolute Gasteiger partial charge is 0.407 e. The van der Waals surface area contributed by atoms with E-state index >= 15 is 0 Å². The fraction of sp³-hybridized carbons (Fsp3) is 0.524. The van der Waals surface area contributed by atoms with Gasteiger partial charge in [-0.3, -0.25) is 4.79 Å². The molecule has 0 fully saturated rings. The van der Waals surface area contributed by atoms with E-state index in [0.29, 0.717) is 0 Å². The zero-order chi connectivity index (χ0) is 18.8. The van der Waals surface area contributed by atoms with Crippen LogP contribution < -0.4 is 18.9 Å². The van der Waals surface area contributed by atoms with Gasteiger partial charge in [-0.1, -0.05) is 70.5 Å². The van der Waals surface area contributed by atoms with Crippen LogP contribution in [0.5, 0.6) is 0 Å². The van der Waals surface area contributed by atoms with E-state index < -0.39 is 8.32 Å². The minimum atomic E-state index is -1.89. The van der Waals surface area contributed by atoms with Gasteiger partial charge in [-0.15, -0.1) is 0 Å². The number of hydrogen-bond donors (Lipinski definition) is 0. The summed E-state index contributed by atoms with van der Waals surface area (Å²) in [6, 6.07) is 9.83. The van der Waals surface area contributed by atoms with Gasteiger partial charge in [-0.25, -0.2) is 0 Å². The molecule has 0 radical (unpaired) electrons. The summed E-state index contributed by atoms with van der Waals surface area (Å²) < 4.78 is 6.09. The van der Waals surface area contributed by atoms with E-state index in [1.165, 1.54) is 6.42 Å². The van der Waals surface area contributed by atoms with Crippen molar-refractivity contribution in [3.05, 3.63) is 48.9 Å². The summed E-state index contributed by atoms with van der Waals surface area (Å²) >= 11 is 0. The van der Waals surface area contributed by atoms with Gasteiger partial charge in [-0.05, 0) is 36.7 Å². The second-order valence-electron chi connectivity index (χ2n) is 7.52. The van der Waals surface area contributed by atoms with E-state index in [-0.39, 0.29) is 35.8 Å². The minimum Gasteiger partial charge on any atom is -0.407 e. The van der Waals surface area contributed by atoms with E-state index in [1.54, 1.807) is 6.08 Å². The molecule has 1 aromatic rings. The Morgan fingerprint density at radius 2 is 1.72 bits per heavy atom. The third-order valence-electron chi connectivity index (χ3n) is 4.27. The Bertz CT molecular complexity index is 502. The molecule has 25 heavy (non-hydrogen) atoms. The Morgan fingerprint density at radius 1 is 1.24 bits per heavy atom. The Balaban J connectivity index is 0. The number of ketones is 1. The molecule has 0 aliphatic heterocycles. The quantitative estimate of drug-likeness (QED) is 0.445. The molecule has 1 rings (SSSR count). The summed E-state index contributed by atoms with van der Waals surface area (Å²) in [5, 5.41) is 0.116. The maximum absolute atomic E-state index is 12.1. The Hall–Kier alpha value is -0.596. The number of hydrogen-bond acceptors (Lipinski definition) is 2. The predicted molar refractivity (Wildman–Crippen MR) is 108 cm³/mol. The van der Waals surface area contributed by atoms with Gasteiger partial charge in [0.05, 0.1) is 0 Å². The molecule has 1 aromatic carbocycles. The molecule has 136 valence electrons. The first-order valence-electron chi connectivity index (χ1n) is 8.79. The first kappa shape index (κ1) is 26.6. The van der Waals surface area contributed by atoms with Crippen LogP contribution in [-0.2, 0) is 9.22 Å². The topological polar surface area (TPSA) is 26.3 Å². The largest absolute Gasteiger partial charge is 1.00 e. The molecular formula is C21H35LiO2Si. The van der Waals surface area contributed by atoms with E-state index in [0.717, 1.165) is 12.0 Å². The van der Waals surface area contributed by atoms with Crippen molar-refractivity contribution in [3.8, 4) is 0 Å². The molecular weight excluding hydrogens is 319 g/mol. The van der Waals surface area contributed by atoms with Crippen molar-refractivity contribution in [3.63, 3.8) is 0 Å². The van der Waals surface area contributed by atoms with Crippen molar-refractivity contribution in [2.24, 2.45) is 0 Å². The van der Waals surface area contributed by atoms with Gasteiger partial charge < -0.3 is 11.3 Å². The molecule has 0 spiro atoms. The Morgan fingerprint density at radius 3 is 2.12 bits per heavy atom. The third-order valence-corrected chi connectivity index (χ3v) is 8.83. The Labute approximate surface area is 168 Å². The average molecular weight is 355 g/mol. The molecule has 0 N–H and O–H groups in total. The summed E-state index contributed by atoms with van der Waals surface area (Å²) in [4.78, 5) is 12.1. The standard InChI is InChI=1S/C17H26O2Si.C4H9.Li/c1-14(19-20(5,6)17(2,3)4)16(18)13-12-15-10-8-7-9-11-15;1-3-4-2;/h7-14H,1-6H3;1,3-4H2,2H3;/q;-1;+1/t14-;;/m0../s1. The van der Waals surface area contributed by atoms with Crippen molar-refractivity contribution in [1.29, 1.82) is 0 Å². The molecule has 0 amide bonds. The van der Waals surface area contributed by atoms with E-state index in [4.69, 9.17) is 4.43 Å². The summed E-state index contributed by atoms with van der Waals surface area (Å²) in [5.41, 5.74) is 1.03. The van der Waals surface area contributed by atoms with Crippen LogP contribution in [0.1, 0.15) is 53.0 Å². The van der Waals surface area contributed by atoms with Crippen LogP contribution >= 0.6 is 0 Å². The number of benzene rings is 1. The normalized spacial score (nSPS) is 12.8. The zero-order valence-corrected chi connectivity index (χ0v) is 18.6. The summed E-state index contributed by atoms with van der Waals surface area (Å²) in [6.45, 7) is 18.4. The molecule has 0 saturated heterocycles. The maximum atomic E-state index is 12.1. The SMILES string of the molecule is C[C@H](O[Si](C)(C)C(C)(C)C)C(=O)C=Cc1ccccc1.[CH2-]CCC.[Li+].